The van der Waals surface area contributed by atoms with Gasteiger partial charge in [-0.3, -0.25) is 0 Å². The van der Waals surface area contributed by atoms with Crippen LogP contribution in [0.1, 0.15) is 31.7 Å². The van der Waals surface area contributed by atoms with Crippen LogP contribution in [0.25, 0.3) is 0 Å². The molecule has 1 aliphatic heterocycles. The fraction of sp³-hybridized carbons (Fsp3) is 0.562. The number of anilines is 1. The van der Waals surface area contributed by atoms with Gasteiger partial charge in [-0.25, -0.2) is 0 Å². The summed E-state index contributed by atoms with van der Waals surface area (Å²) in [4.78, 5) is 2.43. The van der Waals surface area contributed by atoms with E-state index in [9.17, 15) is 5.26 Å². The molecule has 1 N–H and O–H groups in total. The van der Waals surface area contributed by atoms with E-state index in [0.717, 1.165) is 44.6 Å². The molecule has 102 valence electrons. The summed E-state index contributed by atoms with van der Waals surface area (Å²) in [7, 11) is 0. The van der Waals surface area contributed by atoms with Crippen molar-refractivity contribution in [3.05, 3.63) is 29.8 Å². The van der Waals surface area contributed by atoms with Gasteiger partial charge >= 0.3 is 0 Å². The van der Waals surface area contributed by atoms with Crippen molar-refractivity contribution in [1.82, 2.24) is 4.90 Å². The molecule has 0 amide bonds. The molecule has 1 aliphatic rings. The molecule has 0 radical (unpaired) electrons. The lowest BCUT2D eigenvalue weighted by atomic mass is 9.91. The molecule has 3 nitrogen and oxygen atoms in total. The van der Waals surface area contributed by atoms with Gasteiger partial charge in [-0.1, -0.05) is 25.1 Å². The smallest absolute Gasteiger partial charge is 0.126 e. The van der Waals surface area contributed by atoms with Crippen LogP contribution in [-0.4, -0.2) is 30.1 Å². The predicted octanol–water partition coefficient (Wildman–Crippen LogP) is 3.18. The van der Waals surface area contributed by atoms with Crippen LogP contribution >= 0.6 is 0 Å². The highest BCUT2D eigenvalue weighted by atomic mass is 15.1. The first kappa shape index (κ1) is 13.9. The summed E-state index contributed by atoms with van der Waals surface area (Å²) < 4.78 is 0. The fourth-order valence-electron chi connectivity index (χ4n) is 2.74. The molecule has 1 saturated heterocycles. The van der Waals surface area contributed by atoms with Crippen LogP contribution in [0, 0.1) is 18.3 Å². The van der Waals surface area contributed by atoms with Crippen LogP contribution in [0.5, 0.6) is 0 Å². The zero-order chi connectivity index (χ0) is 13.7. The molecule has 19 heavy (non-hydrogen) atoms. The monoisotopic (exact) mass is 257 g/mol. The molecule has 1 fully saturated rings. The number of rotatable bonds is 3. The predicted molar refractivity (Wildman–Crippen MR) is 79.1 cm³/mol. The van der Waals surface area contributed by atoms with Crippen molar-refractivity contribution < 1.29 is 0 Å². The molecule has 1 heterocycles. The lowest BCUT2D eigenvalue weighted by Gasteiger charge is -2.28. The number of hydrogen-bond donors (Lipinski definition) is 1. The number of para-hydroxylation sites is 1. The van der Waals surface area contributed by atoms with E-state index >= 15 is 0 Å². The summed E-state index contributed by atoms with van der Waals surface area (Å²) in [5.41, 5.74) is 1.89. The third-order valence-corrected chi connectivity index (χ3v) is 4.11. The van der Waals surface area contributed by atoms with Crippen LogP contribution in [0.3, 0.4) is 0 Å². The molecule has 1 unspecified atom stereocenters. The molecule has 0 aliphatic carbocycles. The van der Waals surface area contributed by atoms with E-state index in [1.807, 2.05) is 12.1 Å². The molecule has 1 aromatic carbocycles. The Morgan fingerprint density at radius 1 is 1.32 bits per heavy atom. The maximum Gasteiger partial charge on any atom is 0.126 e. The normalized spacial score (nSPS) is 24.5. The van der Waals surface area contributed by atoms with Crippen molar-refractivity contribution in [2.24, 2.45) is 0 Å². The molecule has 1 atom stereocenters. The van der Waals surface area contributed by atoms with Crippen molar-refractivity contribution in [3.8, 4) is 6.07 Å². The average Bonchev–Trinajstić information content (AvgIpc) is 2.64. The minimum atomic E-state index is -0.407. The van der Waals surface area contributed by atoms with E-state index in [-0.39, 0.29) is 0 Å². The standard InChI is InChI=1S/C16H23N3/c1-3-19-11-6-9-16(13-17,10-12-19)18-15-8-5-4-7-14(15)2/h4-5,7-8,18H,3,6,9-12H2,1-2H3. The van der Waals surface area contributed by atoms with Gasteiger partial charge in [-0.15, -0.1) is 0 Å². The molecular formula is C16H23N3. The summed E-state index contributed by atoms with van der Waals surface area (Å²) in [6, 6.07) is 10.7. The Morgan fingerprint density at radius 3 is 2.79 bits per heavy atom. The van der Waals surface area contributed by atoms with Gasteiger partial charge in [0.15, 0.2) is 0 Å². The quantitative estimate of drug-likeness (QED) is 0.904. The Balaban J connectivity index is 2.15. The van der Waals surface area contributed by atoms with Crippen LogP contribution in [0.2, 0.25) is 0 Å². The maximum absolute atomic E-state index is 9.65. The topological polar surface area (TPSA) is 39.1 Å². The largest absolute Gasteiger partial charge is 0.367 e. The van der Waals surface area contributed by atoms with Crippen LogP contribution in [0.4, 0.5) is 5.69 Å². The van der Waals surface area contributed by atoms with Crippen molar-refractivity contribution in [3.63, 3.8) is 0 Å². The summed E-state index contributed by atoms with van der Waals surface area (Å²) in [6.07, 6.45) is 2.90. The Morgan fingerprint density at radius 2 is 2.11 bits per heavy atom. The third kappa shape index (κ3) is 3.27. The van der Waals surface area contributed by atoms with Crippen molar-refractivity contribution in [2.45, 2.75) is 38.6 Å². The van der Waals surface area contributed by atoms with E-state index in [1.54, 1.807) is 0 Å². The minimum Gasteiger partial charge on any atom is -0.367 e. The summed E-state index contributed by atoms with van der Waals surface area (Å²) in [5.74, 6) is 0. The van der Waals surface area contributed by atoms with E-state index in [1.165, 1.54) is 5.56 Å². The van der Waals surface area contributed by atoms with Gasteiger partial charge in [-0.05, 0) is 50.9 Å². The molecule has 0 spiro atoms. The molecule has 2 rings (SSSR count). The number of nitrogens with zero attached hydrogens (tertiary/aromatic N) is 2. The van der Waals surface area contributed by atoms with E-state index in [0.29, 0.717) is 0 Å². The Kier molecular flexibility index (Phi) is 4.44. The number of hydrogen-bond acceptors (Lipinski definition) is 3. The Bertz CT molecular complexity index is 463. The number of aryl methyl sites for hydroxylation is 1. The van der Waals surface area contributed by atoms with Gasteiger partial charge in [0.2, 0.25) is 0 Å². The van der Waals surface area contributed by atoms with Gasteiger partial charge < -0.3 is 10.2 Å². The second kappa shape index (κ2) is 6.08. The van der Waals surface area contributed by atoms with Crippen molar-refractivity contribution >= 4 is 5.69 Å². The fourth-order valence-corrected chi connectivity index (χ4v) is 2.74. The Hall–Kier alpha value is -1.53. The molecule has 0 aromatic heterocycles. The average molecular weight is 257 g/mol. The van der Waals surface area contributed by atoms with Gasteiger partial charge in [0.25, 0.3) is 0 Å². The van der Waals surface area contributed by atoms with Crippen LogP contribution in [0.15, 0.2) is 24.3 Å². The van der Waals surface area contributed by atoms with E-state index < -0.39 is 5.54 Å². The second-order valence-electron chi connectivity index (χ2n) is 5.42. The first-order valence-electron chi connectivity index (χ1n) is 7.16. The summed E-state index contributed by atoms with van der Waals surface area (Å²) in [5, 5.41) is 13.2. The molecule has 1 aromatic rings. The highest BCUT2D eigenvalue weighted by Crippen LogP contribution is 2.28. The number of nitriles is 1. The van der Waals surface area contributed by atoms with Crippen molar-refractivity contribution in [1.29, 1.82) is 5.26 Å². The molecular weight excluding hydrogens is 234 g/mol. The summed E-state index contributed by atoms with van der Waals surface area (Å²) in [6.45, 7) is 7.46. The van der Waals surface area contributed by atoms with Gasteiger partial charge in [0.1, 0.15) is 5.54 Å². The molecule has 0 saturated carbocycles. The van der Waals surface area contributed by atoms with Gasteiger partial charge in [-0.2, -0.15) is 5.26 Å². The number of likely N-dealkylation sites (tertiary alicyclic amines) is 1. The van der Waals surface area contributed by atoms with E-state index in [2.05, 4.69) is 42.3 Å². The SMILES string of the molecule is CCN1CCCC(C#N)(Nc2ccccc2C)CC1. The molecule has 0 bridgehead atoms. The zero-order valence-corrected chi connectivity index (χ0v) is 11.9. The Labute approximate surface area is 116 Å². The number of nitrogens with one attached hydrogen (secondary N) is 1. The van der Waals surface area contributed by atoms with Crippen LogP contribution in [-0.2, 0) is 0 Å². The first-order chi connectivity index (χ1) is 9.19. The van der Waals surface area contributed by atoms with E-state index in [4.69, 9.17) is 0 Å². The zero-order valence-electron chi connectivity index (χ0n) is 11.9. The third-order valence-electron chi connectivity index (χ3n) is 4.11. The highest BCUT2D eigenvalue weighted by molar-refractivity contribution is 5.53. The molecule has 3 heteroatoms. The highest BCUT2D eigenvalue weighted by Gasteiger charge is 2.32. The first-order valence-corrected chi connectivity index (χ1v) is 7.16. The lowest BCUT2D eigenvalue weighted by molar-refractivity contribution is 0.297. The van der Waals surface area contributed by atoms with Gasteiger partial charge in [0.05, 0.1) is 6.07 Å². The maximum atomic E-state index is 9.65. The van der Waals surface area contributed by atoms with Crippen molar-refractivity contribution in [2.75, 3.05) is 25.0 Å². The van der Waals surface area contributed by atoms with Crippen LogP contribution < -0.4 is 5.32 Å². The number of benzene rings is 1. The second-order valence-corrected chi connectivity index (χ2v) is 5.42. The summed E-state index contributed by atoms with van der Waals surface area (Å²) >= 11 is 0. The van der Waals surface area contributed by atoms with Gasteiger partial charge in [0, 0.05) is 12.2 Å². The minimum absolute atomic E-state index is 0.407. The lowest BCUT2D eigenvalue weighted by Crippen LogP contribution is -2.38.